The van der Waals surface area contributed by atoms with Crippen LogP contribution in [-0.2, 0) is 11.3 Å². The van der Waals surface area contributed by atoms with Crippen molar-refractivity contribution in [2.45, 2.75) is 26.4 Å². The number of rotatable bonds is 9. The Morgan fingerprint density at radius 2 is 1.88 bits per heavy atom. The highest BCUT2D eigenvalue weighted by atomic mass is 35.5. The Bertz CT molecular complexity index is 707. The predicted molar refractivity (Wildman–Crippen MR) is 99.0 cm³/mol. The van der Waals surface area contributed by atoms with Gasteiger partial charge in [0.2, 0.25) is 0 Å². The number of amides is 1. The van der Waals surface area contributed by atoms with E-state index in [0.29, 0.717) is 29.7 Å². The molecule has 0 aliphatic heterocycles. The Morgan fingerprint density at radius 3 is 2.52 bits per heavy atom. The van der Waals surface area contributed by atoms with Gasteiger partial charge >= 0.3 is 0 Å². The smallest absolute Gasteiger partial charge is 0.255 e. The van der Waals surface area contributed by atoms with Crippen molar-refractivity contribution in [2.24, 2.45) is 5.73 Å². The molecular weight excluding hydrogens is 340 g/mol. The van der Waals surface area contributed by atoms with Crippen molar-refractivity contribution in [3.8, 4) is 11.5 Å². The molecule has 2 rings (SSSR count). The number of hydrogen-bond acceptors (Lipinski definition) is 4. The molecule has 2 aromatic carbocycles. The van der Waals surface area contributed by atoms with Gasteiger partial charge in [-0.2, -0.15) is 0 Å². The Balaban J connectivity index is 2.11. The van der Waals surface area contributed by atoms with Crippen LogP contribution in [0.25, 0.3) is 0 Å². The maximum absolute atomic E-state index is 10.9. The molecule has 0 aliphatic carbocycles. The van der Waals surface area contributed by atoms with Crippen molar-refractivity contribution in [1.82, 2.24) is 5.32 Å². The molecular formula is C19H23ClN2O3. The van der Waals surface area contributed by atoms with Gasteiger partial charge in [0.05, 0.1) is 6.61 Å². The molecule has 0 heterocycles. The number of hydrogen-bond donors (Lipinski definition) is 2. The quantitative estimate of drug-likeness (QED) is 0.716. The van der Waals surface area contributed by atoms with Gasteiger partial charge in [-0.15, -0.1) is 0 Å². The zero-order valence-corrected chi connectivity index (χ0v) is 15.2. The summed E-state index contributed by atoms with van der Waals surface area (Å²) in [5, 5.41) is 3.98. The molecule has 2 aromatic rings. The molecule has 0 unspecified atom stereocenters. The van der Waals surface area contributed by atoms with Crippen LogP contribution in [0.5, 0.6) is 11.5 Å². The fraction of sp³-hybridized carbons (Fsp3) is 0.316. The summed E-state index contributed by atoms with van der Waals surface area (Å²) in [5.74, 6) is 0.392. The van der Waals surface area contributed by atoms with E-state index in [9.17, 15) is 4.79 Å². The van der Waals surface area contributed by atoms with Crippen LogP contribution in [0.4, 0.5) is 0 Å². The first-order valence-electron chi connectivity index (χ1n) is 8.16. The van der Waals surface area contributed by atoms with E-state index < -0.39 is 5.91 Å². The lowest BCUT2D eigenvalue weighted by molar-refractivity contribution is -0.119. The maximum atomic E-state index is 10.9. The Morgan fingerprint density at radius 1 is 1.20 bits per heavy atom. The van der Waals surface area contributed by atoms with Crippen molar-refractivity contribution in [3.05, 3.63) is 58.6 Å². The summed E-state index contributed by atoms with van der Waals surface area (Å²) in [6.45, 7) is 4.80. The highest BCUT2D eigenvalue weighted by molar-refractivity contribution is 6.31. The molecule has 1 amide bonds. The van der Waals surface area contributed by atoms with Gasteiger partial charge in [0, 0.05) is 23.7 Å². The molecule has 1 atom stereocenters. The molecule has 0 saturated carbocycles. The van der Waals surface area contributed by atoms with E-state index in [0.717, 1.165) is 5.56 Å². The van der Waals surface area contributed by atoms with E-state index in [1.807, 2.05) is 31.2 Å². The van der Waals surface area contributed by atoms with Gasteiger partial charge < -0.3 is 20.5 Å². The zero-order valence-electron chi connectivity index (χ0n) is 14.4. The minimum absolute atomic E-state index is 0.179. The standard InChI is InChI=1S/C19H23ClN2O3/c1-3-24-17-9-15(16(20)10-18(17)25-12-19(21)23)11-22-13(2)14-7-5-4-6-8-14/h4-10,13,22H,3,11-12H2,1-2H3,(H2,21,23)/t13-/m1/s1. The number of primary amides is 1. The Kier molecular flexibility index (Phi) is 7.10. The first kappa shape index (κ1) is 19.1. The number of benzene rings is 2. The first-order valence-corrected chi connectivity index (χ1v) is 8.53. The van der Waals surface area contributed by atoms with E-state index in [2.05, 4.69) is 24.4 Å². The monoisotopic (exact) mass is 362 g/mol. The molecule has 0 saturated heterocycles. The lowest BCUT2D eigenvalue weighted by Crippen LogP contribution is -2.20. The maximum Gasteiger partial charge on any atom is 0.255 e. The Hall–Kier alpha value is -2.24. The van der Waals surface area contributed by atoms with Crippen LogP contribution in [0.2, 0.25) is 5.02 Å². The van der Waals surface area contributed by atoms with Gasteiger partial charge in [0.15, 0.2) is 18.1 Å². The number of carbonyl (C=O) groups is 1. The second-order valence-corrected chi connectivity index (χ2v) is 6.00. The van der Waals surface area contributed by atoms with Crippen LogP contribution in [0, 0.1) is 0 Å². The van der Waals surface area contributed by atoms with Crippen LogP contribution in [0.1, 0.15) is 31.0 Å². The summed E-state index contributed by atoms with van der Waals surface area (Å²) < 4.78 is 11.0. The number of ether oxygens (including phenoxy) is 2. The predicted octanol–water partition coefficient (Wildman–Crippen LogP) is 3.45. The van der Waals surface area contributed by atoms with Crippen molar-refractivity contribution >= 4 is 17.5 Å². The van der Waals surface area contributed by atoms with Gasteiger partial charge in [0.1, 0.15) is 0 Å². The molecule has 0 radical (unpaired) electrons. The molecule has 0 spiro atoms. The fourth-order valence-electron chi connectivity index (χ4n) is 2.37. The van der Waals surface area contributed by atoms with Gasteiger partial charge in [-0.25, -0.2) is 0 Å². The van der Waals surface area contributed by atoms with E-state index in [4.69, 9.17) is 26.8 Å². The van der Waals surface area contributed by atoms with Gasteiger partial charge in [-0.1, -0.05) is 41.9 Å². The number of carbonyl (C=O) groups excluding carboxylic acids is 1. The normalized spacial score (nSPS) is 11.8. The largest absolute Gasteiger partial charge is 0.490 e. The van der Waals surface area contributed by atoms with Gasteiger partial charge in [-0.05, 0) is 31.0 Å². The van der Waals surface area contributed by atoms with E-state index in [1.54, 1.807) is 6.07 Å². The molecule has 25 heavy (non-hydrogen) atoms. The van der Waals surface area contributed by atoms with Crippen LogP contribution in [-0.4, -0.2) is 19.1 Å². The topological polar surface area (TPSA) is 73.6 Å². The second kappa shape index (κ2) is 9.30. The average molecular weight is 363 g/mol. The summed E-state index contributed by atoms with van der Waals surface area (Å²) in [5.41, 5.74) is 7.21. The van der Waals surface area contributed by atoms with Crippen molar-refractivity contribution < 1.29 is 14.3 Å². The lowest BCUT2D eigenvalue weighted by Gasteiger charge is -2.17. The molecule has 6 heteroatoms. The van der Waals surface area contributed by atoms with E-state index in [-0.39, 0.29) is 12.6 Å². The molecule has 5 nitrogen and oxygen atoms in total. The average Bonchev–Trinajstić information content (AvgIpc) is 2.61. The summed E-state index contributed by atoms with van der Waals surface area (Å²) in [7, 11) is 0. The Labute approximate surface area is 153 Å². The van der Waals surface area contributed by atoms with Crippen molar-refractivity contribution in [1.29, 1.82) is 0 Å². The fourth-order valence-corrected chi connectivity index (χ4v) is 2.59. The summed E-state index contributed by atoms with van der Waals surface area (Å²) in [4.78, 5) is 10.9. The third kappa shape index (κ3) is 5.66. The van der Waals surface area contributed by atoms with Crippen LogP contribution >= 0.6 is 11.6 Å². The summed E-state index contributed by atoms with van der Waals surface area (Å²) in [6.07, 6.45) is 0. The number of halogens is 1. The highest BCUT2D eigenvalue weighted by Crippen LogP contribution is 2.34. The van der Waals surface area contributed by atoms with Gasteiger partial charge in [-0.3, -0.25) is 4.79 Å². The van der Waals surface area contributed by atoms with E-state index >= 15 is 0 Å². The second-order valence-electron chi connectivity index (χ2n) is 5.59. The molecule has 0 aromatic heterocycles. The minimum Gasteiger partial charge on any atom is -0.490 e. The molecule has 0 fully saturated rings. The molecule has 0 bridgehead atoms. The zero-order chi connectivity index (χ0) is 18.2. The number of nitrogens with two attached hydrogens (primary N) is 1. The molecule has 3 N–H and O–H groups in total. The summed E-state index contributed by atoms with van der Waals surface area (Å²) in [6, 6.07) is 13.8. The van der Waals surface area contributed by atoms with Crippen LogP contribution < -0.4 is 20.5 Å². The lowest BCUT2D eigenvalue weighted by atomic mass is 10.1. The van der Waals surface area contributed by atoms with Crippen molar-refractivity contribution in [2.75, 3.05) is 13.2 Å². The molecule has 0 aliphatic rings. The van der Waals surface area contributed by atoms with Crippen LogP contribution in [0.15, 0.2) is 42.5 Å². The van der Waals surface area contributed by atoms with E-state index in [1.165, 1.54) is 5.56 Å². The SMILES string of the molecule is CCOc1cc(CN[C@H](C)c2ccccc2)c(Cl)cc1OCC(N)=O. The summed E-state index contributed by atoms with van der Waals surface area (Å²) >= 11 is 6.35. The van der Waals surface area contributed by atoms with Crippen molar-refractivity contribution in [3.63, 3.8) is 0 Å². The first-order chi connectivity index (χ1) is 12.0. The molecule has 134 valence electrons. The third-order valence-corrected chi connectivity index (χ3v) is 4.03. The number of nitrogens with one attached hydrogen (secondary N) is 1. The highest BCUT2D eigenvalue weighted by Gasteiger charge is 2.13. The minimum atomic E-state index is -0.555. The third-order valence-electron chi connectivity index (χ3n) is 3.68. The van der Waals surface area contributed by atoms with Gasteiger partial charge in [0.25, 0.3) is 5.91 Å². The van der Waals surface area contributed by atoms with Crippen LogP contribution in [0.3, 0.4) is 0 Å².